The van der Waals surface area contributed by atoms with Crippen LogP contribution in [-0.2, 0) is 16.1 Å². The second-order valence-corrected chi connectivity index (χ2v) is 7.20. The van der Waals surface area contributed by atoms with Crippen LogP contribution in [0.3, 0.4) is 0 Å². The van der Waals surface area contributed by atoms with Crippen LogP contribution in [0.5, 0.6) is 5.75 Å². The van der Waals surface area contributed by atoms with Gasteiger partial charge in [0.1, 0.15) is 18.1 Å². The number of hydrogen-bond donors (Lipinski definition) is 2. The van der Waals surface area contributed by atoms with Gasteiger partial charge in [0.15, 0.2) is 0 Å². The van der Waals surface area contributed by atoms with E-state index in [0.717, 1.165) is 28.1 Å². The Morgan fingerprint density at radius 1 is 1.13 bits per heavy atom. The van der Waals surface area contributed by atoms with Gasteiger partial charge in [0.2, 0.25) is 0 Å². The first-order valence-corrected chi connectivity index (χ1v) is 10.5. The average molecular weight is 424 g/mol. The maximum absolute atomic E-state index is 12.1. The third-order valence-electron chi connectivity index (χ3n) is 5.07. The number of nitrogens with one attached hydrogen (secondary N) is 1. The van der Waals surface area contributed by atoms with E-state index in [0.29, 0.717) is 24.4 Å². The second kappa shape index (κ2) is 11.2. The minimum atomic E-state index is -0.529. The Bertz CT molecular complexity index is 994. The van der Waals surface area contributed by atoms with E-state index in [1.807, 2.05) is 51.2 Å². The third kappa shape index (κ3) is 5.87. The van der Waals surface area contributed by atoms with Crippen molar-refractivity contribution in [2.75, 3.05) is 25.5 Å². The van der Waals surface area contributed by atoms with Gasteiger partial charge in [0, 0.05) is 36.0 Å². The van der Waals surface area contributed by atoms with Crippen LogP contribution in [0.25, 0.3) is 0 Å². The molecule has 0 saturated carbocycles. The van der Waals surface area contributed by atoms with Crippen LogP contribution in [0.15, 0.2) is 52.7 Å². The van der Waals surface area contributed by atoms with Crippen LogP contribution >= 0.6 is 0 Å². The molecular weight excluding hydrogens is 390 g/mol. The first kappa shape index (κ1) is 24.0. The summed E-state index contributed by atoms with van der Waals surface area (Å²) in [5.41, 5.74) is 12.6. The molecule has 0 amide bonds. The fraction of sp³-hybridized carbons (Fsp3) is 0.360. The molecule has 0 atom stereocenters. The van der Waals surface area contributed by atoms with E-state index in [1.54, 1.807) is 13.8 Å². The highest BCUT2D eigenvalue weighted by molar-refractivity contribution is 6.15. The first-order chi connectivity index (χ1) is 14.8. The fourth-order valence-electron chi connectivity index (χ4n) is 3.31. The van der Waals surface area contributed by atoms with Crippen LogP contribution < -0.4 is 15.8 Å². The lowest BCUT2D eigenvalue weighted by molar-refractivity contribution is -0.138. The van der Waals surface area contributed by atoms with Gasteiger partial charge in [0.05, 0.1) is 12.3 Å². The number of carbonyl (C=O) groups is 1. The minimum absolute atomic E-state index is 0.0752. The van der Waals surface area contributed by atoms with Crippen LogP contribution in [0.1, 0.15) is 43.0 Å². The molecule has 2 aromatic rings. The van der Waals surface area contributed by atoms with Gasteiger partial charge in [-0.2, -0.15) is 0 Å². The molecule has 31 heavy (non-hydrogen) atoms. The summed E-state index contributed by atoms with van der Waals surface area (Å²) >= 11 is 0. The molecule has 2 aromatic carbocycles. The molecule has 3 N–H and O–H groups in total. The number of hydrogen-bond acceptors (Lipinski definition) is 6. The summed E-state index contributed by atoms with van der Waals surface area (Å²) in [6.07, 6.45) is 0. The first-order valence-electron chi connectivity index (χ1n) is 10.5. The van der Waals surface area contributed by atoms with Crippen molar-refractivity contribution in [1.82, 2.24) is 0 Å². The molecule has 2 rings (SSSR count). The Morgan fingerprint density at radius 2 is 1.87 bits per heavy atom. The number of anilines is 1. The van der Waals surface area contributed by atoms with Crippen molar-refractivity contribution in [2.45, 2.75) is 41.2 Å². The quantitative estimate of drug-likeness (QED) is 0.352. The van der Waals surface area contributed by atoms with Crippen LogP contribution in [0.4, 0.5) is 5.69 Å². The minimum Gasteiger partial charge on any atom is -0.489 e. The number of nitrogens with zero attached hydrogens (tertiary/aromatic N) is 1. The van der Waals surface area contributed by atoms with Gasteiger partial charge in [-0.05, 0) is 70.0 Å². The van der Waals surface area contributed by atoms with Gasteiger partial charge in [-0.3, -0.25) is 4.99 Å². The molecule has 0 aliphatic carbocycles. The Kier molecular flexibility index (Phi) is 8.67. The fourth-order valence-corrected chi connectivity index (χ4v) is 3.31. The zero-order chi connectivity index (χ0) is 23.0. The van der Waals surface area contributed by atoms with E-state index in [4.69, 9.17) is 15.2 Å². The van der Waals surface area contributed by atoms with E-state index < -0.39 is 5.97 Å². The van der Waals surface area contributed by atoms with Gasteiger partial charge < -0.3 is 20.5 Å². The molecule has 0 heterocycles. The van der Waals surface area contributed by atoms with E-state index in [9.17, 15) is 4.79 Å². The Hall–Kier alpha value is -3.28. The monoisotopic (exact) mass is 423 g/mol. The van der Waals surface area contributed by atoms with Gasteiger partial charge in [0.25, 0.3) is 0 Å². The van der Waals surface area contributed by atoms with E-state index in [-0.39, 0.29) is 12.3 Å². The molecule has 0 unspecified atom stereocenters. The number of nitrogens with two attached hydrogens (primary N) is 1. The number of esters is 1. The predicted octanol–water partition coefficient (Wildman–Crippen LogP) is 4.53. The molecule has 0 radical (unpaired) electrons. The van der Waals surface area contributed by atoms with Crippen molar-refractivity contribution in [3.63, 3.8) is 0 Å². The van der Waals surface area contributed by atoms with Crippen molar-refractivity contribution < 1.29 is 14.3 Å². The molecular formula is C25H33N3O3. The molecule has 0 saturated heterocycles. The van der Waals surface area contributed by atoms with E-state index >= 15 is 0 Å². The second-order valence-electron chi connectivity index (χ2n) is 7.20. The molecule has 0 spiro atoms. The highest BCUT2D eigenvalue weighted by Gasteiger charge is 2.17. The number of aryl methyl sites for hydroxylation is 2. The maximum atomic E-state index is 12.1. The molecule has 166 valence electrons. The van der Waals surface area contributed by atoms with E-state index in [1.165, 1.54) is 5.56 Å². The summed E-state index contributed by atoms with van der Waals surface area (Å²) in [7, 11) is 1.91. The van der Waals surface area contributed by atoms with Crippen molar-refractivity contribution in [3.05, 3.63) is 69.9 Å². The normalized spacial score (nSPS) is 12.3. The summed E-state index contributed by atoms with van der Waals surface area (Å²) in [6, 6.07) is 12.0. The summed E-state index contributed by atoms with van der Waals surface area (Å²) in [5, 5.41) is 3.22. The third-order valence-corrected chi connectivity index (χ3v) is 5.07. The molecule has 0 aliphatic heterocycles. The van der Waals surface area contributed by atoms with Crippen molar-refractivity contribution in [3.8, 4) is 5.75 Å². The molecule has 0 bridgehead atoms. The van der Waals surface area contributed by atoms with Crippen molar-refractivity contribution >= 4 is 17.4 Å². The van der Waals surface area contributed by atoms with Gasteiger partial charge >= 0.3 is 5.97 Å². The predicted molar refractivity (Wildman–Crippen MR) is 127 cm³/mol. The number of allylic oxidation sites excluding steroid dienone is 1. The molecule has 0 fully saturated rings. The smallest absolute Gasteiger partial charge is 0.354 e. The highest BCUT2D eigenvalue weighted by Crippen LogP contribution is 2.25. The number of benzene rings is 2. The SMILES string of the molecule is CCN=C(C(C)=C(N)C(=O)OCC)c1ccc(OCc2c(C)cccc2NC)c(C)c1. The lowest BCUT2D eigenvalue weighted by Crippen LogP contribution is -2.20. The molecule has 0 aliphatic rings. The molecule has 0 aromatic heterocycles. The summed E-state index contributed by atoms with van der Waals surface area (Å²) in [6.45, 7) is 10.9. The molecule has 6 heteroatoms. The maximum Gasteiger partial charge on any atom is 0.354 e. The number of carbonyl (C=O) groups excluding carboxylic acids is 1. The van der Waals surface area contributed by atoms with E-state index in [2.05, 4.69) is 23.3 Å². The average Bonchev–Trinajstić information content (AvgIpc) is 2.76. The standard InChI is InChI=1S/C25H33N3O3/c1-7-28-24(18(5)23(26)25(29)30-8-2)19-12-13-22(17(4)14-19)31-15-20-16(3)10-9-11-21(20)27-6/h9-14,27H,7-8,15,26H2,1-6H3. The Morgan fingerprint density at radius 3 is 2.48 bits per heavy atom. The summed E-state index contributed by atoms with van der Waals surface area (Å²) < 4.78 is 11.2. The van der Waals surface area contributed by atoms with Crippen LogP contribution in [0.2, 0.25) is 0 Å². The van der Waals surface area contributed by atoms with Crippen LogP contribution in [0, 0.1) is 13.8 Å². The lowest BCUT2D eigenvalue weighted by Gasteiger charge is -2.16. The van der Waals surface area contributed by atoms with Gasteiger partial charge in [-0.15, -0.1) is 0 Å². The zero-order valence-electron chi connectivity index (χ0n) is 19.3. The van der Waals surface area contributed by atoms with Gasteiger partial charge in [-0.25, -0.2) is 4.79 Å². The zero-order valence-corrected chi connectivity index (χ0v) is 19.3. The Balaban J connectivity index is 2.31. The topological polar surface area (TPSA) is 85.9 Å². The lowest BCUT2D eigenvalue weighted by atomic mass is 9.99. The van der Waals surface area contributed by atoms with Crippen molar-refractivity contribution in [2.24, 2.45) is 10.7 Å². The summed E-state index contributed by atoms with van der Waals surface area (Å²) in [5.74, 6) is 0.268. The highest BCUT2D eigenvalue weighted by atomic mass is 16.5. The number of ether oxygens (including phenoxy) is 2. The van der Waals surface area contributed by atoms with Crippen molar-refractivity contribution in [1.29, 1.82) is 0 Å². The largest absolute Gasteiger partial charge is 0.489 e. The summed E-state index contributed by atoms with van der Waals surface area (Å²) in [4.78, 5) is 16.6. The molecule has 6 nitrogen and oxygen atoms in total. The van der Waals surface area contributed by atoms with Crippen LogP contribution in [-0.4, -0.2) is 31.9 Å². The number of rotatable bonds is 9. The number of aliphatic imine (C=N–C) groups is 1. The van der Waals surface area contributed by atoms with Gasteiger partial charge in [-0.1, -0.05) is 12.1 Å². The Labute approximate surface area is 185 Å².